The molecule has 0 aromatic carbocycles. The topological polar surface area (TPSA) is 159 Å². The van der Waals surface area contributed by atoms with Crippen LogP contribution in [0.15, 0.2) is 11.6 Å². The van der Waals surface area contributed by atoms with Crippen LogP contribution < -0.4 is 0 Å². The van der Waals surface area contributed by atoms with Gasteiger partial charge in [-0.05, 0) is 93.6 Å². The van der Waals surface area contributed by atoms with Gasteiger partial charge >= 0.3 is 0 Å². The van der Waals surface area contributed by atoms with E-state index in [0.717, 1.165) is 0 Å². The van der Waals surface area contributed by atoms with Crippen LogP contribution in [0.1, 0.15) is 79.6 Å². The second-order valence-electron chi connectivity index (χ2n) is 13.5. The standard InChI is InChI=1S/C28H46O8/c1-15(26(4,34)14-29)10-23(33)27(5,35)22-7-9-28(36)17-11-19(30)18-12-20(31)21(32)13-24(18,2)16(17)6-8-25(22,28)3/h11,15-16,18,20-23,29,31-36H,6-10,12-14H2,1-5H3/t15-,16-,18+,20+,21-,22-,23+,24-,25+,26-,27-,28+/m1/s1. The predicted octanol–water partition coefficient (Wildman–Crippen LogP) is 1.07. The summed E-state index contributed by atoms with van der Waals surface area (Å²) in [6, 6.07) is 0. The van der Waals surface area contributed by atoms with E-state index in [1.807, 2.05) is 13.8 Å². The Balaban J connectivity index is 1.65. The fourth-order valence-electron chi connectivity index (χ4n) is 8.52. The van der Waals surface area contributed by atoms with Gasteiger partial charge in [0.15, 0.2) is 5.78 Å². The van der Waals surface area contributed by atoms with Crippen molar-refractivity contribution >= 4 is 5.78 Å². The number of rotatable bonds is 6. The van der Waals surface area contributed by atoms with Crippen LogP contribution in [-0.2, 0) is 4.79 Å². The highest BCUT2D eigenvalue weighted by Crippen LogP contribution is 2.68. The fraction of sp³-hybridized carbons (Fsp3) is 0.893. The van der Waals surface area contributed by atoms with Crippen molar-refractivity contribution in [1.29, 1.82) is 0 Å². The molecule has 0 saturated heterocycles. The van der Waals surface area contributed by atoms with Crippen LogP contribution in [0.25, 0.3) is 0 Å². The molecule has 0 spiro atoms. The maximum Gasteiger partial charge on any atom is 0.159 e. The Labute approximate surface area is 214 Å². The van der Waals surface area contributed by atoms with Gasteiger partial charge in [0.25, 0.3) is 0 Å². The highest BCUT2D eigenvalue weighted by atomic mass is 16.3. The van der Waals surface area contributed by atoms with Crippen molar-refractivity contribution in [2.75, 3.05) is 6.61 Å². The summed E-state index contributed by atoms with van der Waals surface area (Å²) in [4.78, 5) is 13.3. The van der Waals surface area contributed by atoms with Crippen LogP contribution in [0, 0.1) is 34.5 Å². The molecule has 12 atom stereocenters. The molecule has 0 radical (unpaired) electrons. The molecule has 36 heavy (non-hydrogen) atoms. The monoisotopic (exact) mass is 510 g/mol. The summed E-state index contributed by atoms with van der Waals surface area (Å²) in [5, 5.41) is 75.7. The van der Waals surface area contributed by atoms with E-state index in [2.05, 4.69) is 0 Å². The molecule has 3 saturated carbocycles. The highest BCUT2D eigenvalue weighted by molar-refractivity contribution is 5.95. The molecule has 206 valence electrons. The molecule has 0 unspecified atom stereocenters. The van der Waals surface area contributed by atoms with Crippen LogP contribution in [-0.4, -0.2) is 83.3 Å². The van der Waals surface area contributed by atoms with Crippen LogP contribution in [0.4, 0.5) is 0 Å². The number of carbonyl (C=O) groups excluding carboxylic acids is 1. The van der Waals surface area contributed by atoms with Crippen molar-refractivity contribution in [2.24, 2.45) is 34.5 Å². The third-order valence-electron chi connectivity index (χ3n) is 11.5. The van der Waals surface area contributed by atoms with Crippen molar-refractivity contribution in [3.05, 3.63) is 11.6 Å². The first kappa shape index (κ1) is 28.1. The first-order chi connectivity index (χ1) is 16.5. The summed E-state index contributed by atoms with van der Waals surface area (Å²) in [6.45, 7) is 8.28. The van der Waals surface area contributed by atoms with Crippen LogP contribution in [0.5, 0.6) is 0 Å². The van der Waals surface area contributed by atoms with Gasteiger partial charge in [-0.15, -0.1) is 0 Å². The summed E-state index contributed by atoms with van der Waals surface area (Å²) in [7, 11) is 0. The van der Waals surface area contributed by atoms with Crippen molar-refractivity contribution in [3.63, 3.8) is 0 Å². The third kappa shape index (κ3) is 3.86. The molecule has 7 N–H and O–H groups in total. The molecule has 4 aliphatic rings. The summed E-state index contributed by atoms with van der Waals surface area (Å²) in [5.41, 5.74) is -4.98. The minimum absolute atomic E-state index is 0.0787. The third-order valence-corrected chi connectivity index (χ3v) is 11.5. The van der Waals surface area contributed by atoms with E-state index in [4.69, 9.17) is 0 Å². The summed E-state index contributed by atoms with van der Waals surface area (Å²) in [6.07, 6.45) is 1.20. The maximum atomic E-state index is 13.3. The first-order valence-corrected chi connectivity index (χ1v) is 13.5. The highest BCUT2D eigenvalue weighted by Gasteiger charge is 2.69. The minimum atomic E-state index is -1.57. The van der Waals surface area contributed by atoms with Gasteiger partial charge in [-0.25, -0.2) is 0 Å². The van der Waals surface area contributed by atoms with Gasteiger partial charge < -0.3 is 35.7 Å². The van der Waals surface area contributed by atoms with E-state index in [0.29, 0.717) is 37.7 Å². The molecule has 4 aliphatic carbocycles. The second-order valence-corrected chi connectivity index (χ2v) is 13.5. The lowest BCUT2D eigenvalue weighted by Crippen LogP contribution is -2.63. The molecule has 0 aromatic heterocycles. The number of aliphatic hydroxyl groups excluding tert-OH is 4. The van der Waals surface area contributed by atoms with Gasteiger partial charge in [-0.3, -0.25) is 4.79 Å². The molecule has 0 bridgehead atoms. The molecular formula is C28H46O8. The average Bonchev–Trinajstić information content (AvgIpc) is 3.07. The van der Waals surface area contributed by atoms with Gasteiger partial charge in [0.05, 0.1) is 41.7 Å². The molecule has 4 rings (SSSR count). The molecule has 0 aromatic rings. The fourth-order valence-corrected chi connectivity index (χ4v) is 8.52. The normalized spacial score (nSPS) is 47.5. The lowest BCUT2D eigenvalue weighted by molar-refractivity contribution is -0.180. The first-order valence-electron chi connectivity index (χ1n) is 13.5. The number of hydrogen-bond acceptors (Lipinski definition) is 8. The van der Waals surface area contributed by atoms with Crippen molar-refractivity contribution in [1.82, 2.24) is 0 Å². The van der Waals surface area contributed by atoms with E-state index in [-0.39, 0.29) is 24.5 Å². The van der Waals surface area contributed by atoms with Crippen molar-refractivity contribution in [3.8, 4) is 0 Å². The smallest absolute Gasteiger partial charge is 0.159 e. The zero-order valence-electron chi connectivity index (χ0n) is 22.3. The Bertz CT molecular complexity index is 913. The molecule has 0 amide bonds. The van der Waals surface area contributed by atoms with Gasteiger partial charge in [-0.2, -0.15) is 0 Å². The molecule has 8 heteroatoms. The van der Waals surface area contributed by atoms with E-state index in [1.165, 1.54) is 6.92 Å². The zero-order valence-corrected chi connectivity index (χ0v) is 22.3. The van der Waals surface area contributed by atoms with E-state index in [1.54, 1.807) is 19.9 Å². The quantitative estimate of drug-likeness (QED) is 0.280. The number of hydrogen-bond donors (Lipinski definition) is 7. The van der Waals surface area contributed by atoms with E-state index >= 15 is 0 Å². The second kappa shape index (κ2) is 8.83. The van der Waals surface area contributed by atoms with Gasteiger partial charge in [0, 0.05) is 11.3 Å². The van der Waals surface area contributed by atoms with Gasteiger partial charge in [-0.1, -0.05) is 20.8 Å². The lowest BCUT2D eigenvalue weighted by Gasteiger charge is -2.60. The maximum absolute atomic E-state index is 13.3. The Morgan fingerprint density at radius 3 is 2.33 bits per heavy atom. The molecule has 8 nitrogen and oxygen atoms in total. The summed E-state index contributed by atoms with van der Waals surface area (Å²) >= 11 is 0. The SMILES string of the molecule is C[C@H](C[C@H](O)[C@](C)(O)[C@@H]1CC[C@]2(O)C3=CC(=O)[C@@H]4C[C@H](O)[C@H](O)C[C@]4(C)[C@@H]3CC[C@@]12C)[C@](C)(O)CO. The van der Waals surface area contributed by atoms with Crippen LogP contribution in [0.2, 0.25) is 0 Å². The number of aliphatic hydroxyl groups is 7. The van der Waals surface area contributed by atoms with Crippen LogP contribution in [0.3, 0.4) is 0 Å². The number of allylic oxidation sites excluding steroid dienone is 1. The minimum Gasteiger partial charge on any atom is -0.393 e. The summed E-state index contributed by atoms with van der Waals surface area (Å²) in [5.74, 6) is -1.58. The Hall–Kier alpha value is -0.870. The average molecular weight is 511 g/mol. The van der Waals surface area contributed by atoms with E-state index < -0.39 is 70.3 Å². The van der Waals surface area contributed by atoms with Gasteiger partial charge in [0.2, 0.25) is 0 Å². The van der Waals surface area contributed by atoms with Crippen molar-refractivity contribution in [2.45, 2.75) is 115 Å². The molecule has 3 fully saturated rings. The Morgan fingerprint density at radius 2 is 1.72 bits per heavy atom. The zero-order chi connectivity index (χ0) is 27.1. The number of carbonyl (C=O) groups is 1. The molecular weight excluding hydrogens is 464 g/mol. The Kier molecular flexibility index (Phi) is 6.90. The van der Waals surface area contributed by atoms with E-state index in [9.17, 15) is 40.5 Å². The van der Waals surface area contributed by atoms with Crippen molar-refractivity contribution < 1.29 is 40.5 Å². The molecule has 0 heterocycles. The number of fused-ring (bicyclic) bond motifs is 5. The summed E-state index contributed by atoms with van der Waals surface area (Å²) < 4.78 is 0. The largest absolute Gasteiger partial charge is 0.393 e. The molecule has 0 aliphatic heterocycles. The van der Waals surface area contributed by atoms with Gasteiger partial charge in [0.1, 0.15) is 0 Å². The van der Waals surface area contributed by atoms with Crippen LogP contribution >= 0.6 is 0 Å². The Morgan fingerprint density at radius 1 is 1.08 bits per heavy atom. The predicted molar refractivity (Wildman–Crippen MR) is 133 cm³/mol. The number of ketones is 1. The lowest BCUT2D eigenvalue weighted by atomic mass is 9.45.